The van der Waals surface area contributed by atoms with Gasteiger partial charge in [0.05, 0.1) is 11.7 Å². The Labute approximate surface area is 241 Å². The molecule has 3 N–H and O–H groups in total. The predicted octanol–water partition coefficient (Wildman–Crippen LogP) is 4.63. The number of H-pyrrole nitrogens is 1. The number of ether oxygens (including phenoxy) is 1. The van der Waals surface area contributed by atoms with Crippen molar-refractivity contribution in [3.8, 4) is 22.6 Å². The van der Waals surface area contributed by atoms with Crippen LogP contribution in [-0.2, 0) is 12.1 Å². The number of amides is 1. The molecule has 2 saturated heterocycles. The summed E-state index contributed by atoms with van der Waals surface area (Å²) in [6.45, 7) is 7.00. The van der Waals surface area contributed by atoms with Gasteiger partial charge in [-0.2, -0.15) is 5.10 Å². The fraction of sp³-hybridized carbons (Fsp3) is 0.333. The van der Waals surface area contributed by atoms with E-state index in [0.717, 1.165) is 81.1 Å². The summed E-state index contributed by atoms with van der Waals surface area (Å²) in [7, 11) is 2.17. The van der Waals surface area contributed by atoms with Gasteiger partial charge in [0.15, 0.2) is 0 Å². The molecule has 0 radical (unpaired) electrons. The molecular weight excluding hydrogens is 512 g/mol. The van der Waals surface area contributed by atoms with Gasteiger partial charge in [-0.15, -0.1) is 0 Å². The Morgan fingerprint density at radius 2 is 1.68 bits per heavy atom. The highest BCUT2D eigenvalue weighted by Crippen LogP contribution is 2.33. The average Bonchev–Trinajstić information content (AvgIpc) is 3.55. The van der Waals surface area contributed by atoms with Crippen molar-refractivity contribution in [1.29, 1.82) is 0 Å². The molecule has 0 saturated carbocycles. The number of hydrogen-bond acceptors (Lipinski definition) is 6. The second kappa shape index (κ2) is 12.3. The van der Waals surface area contributed by atoms with E-state index in [1.54, 1.807) is 0 Å². The van der Waals surface area contributed by atoms with Crippen LogP contribution in [-0.4, -0.2) is 72.2 Å². The number of aromatic nitrogens is 2. The van der Waals surface area contributed by atoms with Crippen molar-refractivity contribution in [2.45, 2.75) is 24.9 Å². The van der Waals surface area contributed by atoms with Crippen molar-refractivity contribution in [1.82, 2.24) is 30.6 Å². The molecule has 1 amide bonds. The van der Waals surface area contributed by atoms with E-state index in [0.29, 0.717) is 11.3 Å². The van der Waals surface area contributed by atoms with Gasteiger partial charge < -0.3 is 20.3 Å². The first kappa shape index (κ1) is 27.2. The standard InChI is InChI=1S/C33H38N6O2/c1-38-17-19-39(20-18-38)24-25-3-2-4-31(21-25)41-30-11-7-27(8-12-30)32(40)37-33(13-15-34-16-14-33)29-9-5-26(6-10-29)28-22-35-36-23-28/h2-12,21-23,34H,13-20,24H2,1H3,(H,35,36)(H,37,40). The second-order valence-corrected chi connectivity index (χ2v) is 11.2. The minimum absolute atomic E-state index is 0.0773. The minimum atomic E-state index is -0.420. The molecule has 2 fully saturated rings. The highest BCUT2D eigenvalue weighted by Gasteiger charge is 2.35. The second-order valence-electron chi connectivity index (χ2n) is 11.2. The summed E-state index contributed by atoms with van der Waals surface area (Å²) >= 11 is 0. The molecule has 0 unspecified atom stereocenters. The molecule has 8 nitrogen and oxygen atoms in total. The van der Waals surface area contributed by atoms with Gasteiger partial charge in [-0.1, -0.05) is 36.4 Å². The number of benzene rings is 3. The number of carbonyl (C=O) groups excluding carboxylic acids is 1. The Morgan fingerprint density at radius 1 is 0.927 bits per heavy atom. The molecule has 1 aromatic heterocycles. The number of nitrogens with one attached hydrogen (secondary N) is 3. The third-order valence-electron chi connectivity index (χ3n) is 8.33. The molecule has 3 aromatic carbocycles. The fourth-order valence-electron chi connectivity index (χ4n) is 5.80. The molecule has 8 heteroatoms. The Balaban J connectivity index is 1.11. The first-order chi connectivity index (χ1) is 20.1. The number of aromatic amines is 1. The average molecular weight is 551 g/mol. The summed E-state index contributed by atoms with van der Waals surface area (Å²) < 4.78 is 6.17. The summed E-state index contributed by atoms with van der Waals surface area (Å²) in [4.78, 5) is 18.3. The molecule has 6 rings (SSSR count). The monoisotopic (exact) mass is 550 g/mol. The molecule has 0 atom stereocenters. The van der Waals surface area contributed by atoms with E-state index < -0.39 is 5.54 Å². The van der Waals surface area contributed by atoms with E-state index in [-0.39, 0.29) is 5.91 Å². The van der Waals surface area contributed by atoms with E-state index in [4.69, 9.17) is 4.74 Å². The van der Waals surface area contributed by atoms with E-state index in [1.165, 1.54) is 5.56 Å². The van der Waals surface area contributed by atoms with Gasteiger partial charge in [-0.25, -0.2) is 0 Å². The van der Waals surface area contributed by atoms with Crippen LogP contribution < -0.4 is 15.4 Å². The number of likely N-dealkylation sites (N-methyl/N-ethyl adjacent to an activating group) is 1. The first-order valence-corrected chi connectivity index (χ1v) is 14.5. The molecule has 0 aliphatic carbocycles. The highest BCUT2D eigenvalue weighted by atomic mass is 16.5. The number of nitrogens with zero attached hydrogens (tertiary/aromatic N) is 3. The lowest BCUT2D eigenvalue weighted by Gasteiger charge is -2.39. The van der Waals surface area contributed by atoms with Crippen LogP contribution in [0.25, 0.3) is 11.1 Å². The number of piperidine rings is 1. The summed E-state index contributed by atoms with van der Waals surface area (Å²) in [5.41, 5.74) is 4.71. The molecule has 2 aliphatic heterocycles. The highest BCUT2D eigenvalue weighted by molar-refractivity contribution is 5.95. The lowest BCUT2D eigenvalue weighted by Crippen LogP contribution is -2.52. The maximum absolute atomic E-state index is 13.5. The molecule has 4 aromatic rings. The van der Waals surface area contributed by atoms with Crippen LogP contribution in [0.15, 0.2) is 85.2 Å². The van der Waals surface area contributed by atoms with E-state index in [2.05, 4.69) is 74.1 Å². The molecule has 0 bridgehead atoms. The Kier molecular flexibility index (Phi) is 8.14. The van der Waals surface area contributed by atoms with Crippen LogP contribution >= 0.6 is 0 Å². The quantitative estimate of drug-likeness (QED) is 0.297. The lowest BCUT2D eigenvalue weighted by molar-refractivity contribution is 0.0872. The Bertz CT molecular complexity index is 1420. The zero-order valence-electron chi connectivity index (χ0n) is 23.6. The summed E-state index contributed by atoms with van der Waals surface area (Å²) in [5, 5.41) is 13.7. The molecule has 212 valence electrons. The van der Waals surface area contributed by atoms with Crippen molar-refractivity contribution in [2.24, 2.45) is 0 Å². The zero-order chi connectivity index (χ0) is 28.1. The van der Waals surface area contributed by atoms with Gasteiger partial charge in [0.2, 0.25) is 0 Å². The first-order valence-electron chi connectivity index (χ1n) is 14.5. The molecule has 0 spiro atoms. The largest absolute Gasteiger partial charge is 0.457 e. The van der Waals surface area contributed by atoms with Gasteiger partial charge in [-0.3, -0.25) is 14.8 Å². The minimum Gasteiger partial charge on any atom is -0.457 e. The van der Waals surface area contributed by atoms with Gasteiger partial charge in [0, 0.05) is 50.0 Å². The van der Waals surface area contributed by atoms with Crippen LogP contribution in [0.2, 0.25) is 0 Å². The Morgan fingerprint density at radius 3 is 2.39 bits per heavy atom. The maximum atomic E-state index is 13.5. The number of hydrogen-bond donors (Lipinski definition) is 3. The third-order valence-corrected chi connectivity index (χ3v) is 8.33. The summed E-state index contributed by atoms with van der Waals surface area (Å²) in [5.74, 6) is 1.44. The lowest BCUT2D eigenvalue weighted by atomic mass is 9.80. The smallest absolute Gasteiger partial charge is 0.251 e. The van der Waals surface area contributed by atoms with Crippen molar-refractivity contribution in [3.63, 3.8) is 0 Å². The number of rotatable bonds is 8. The predicted molar refractivity (Wildman–Crippen MR) is 161 cm³/mol. The van der Waals surface area contributed by atoms with Gasteiger partial charge in [0.25, 0.3) is 5.91 Å². The normalized spacial score (nSPS) is 17.7. The van der Waals surface area contributed by atoms with Crippen molar-refractivity contribution in [3.05, 3.63) is 102 Å². The van der Waals surface area contributed by atoms with E-state index >= 15 is 0 Å². The fourth-order valence-corrected chi connectivity index (χ4v) is 5.80. The number of piperazine rings is 1. The molecular formula is C33H38N6O2. The summed E-state index contributed by atoms with van der Waals surface area (Å²) in [6.07, 6.45) is 5.36. The van der Waals surface area contributed by atoms with E-state index in [1.807, 2.05) is 48.8 Å². The van der Waals surface area contributed by atoms with Gasteiger partial charge >= 0.3 is 0 Å². The van der Waals surface area contributed by atoms with Crippen molar-refractivity contribution >= 4 is 5.91 Å². The molecule has 41 heavy (non-hydrogen) atoms. The van der Waals surface area contributed by atoms with Crippen molar-refractivity contribution < 1.29 is 9.53 Å². The van der Waals surface area contributed by atoms with Crippen molar-refractivity contribution in [2.75, 3.05) is 46.3 Å². The van der Waals surface area contributed by atoms with Crippen LogP contribution in [0.5, 0.6) is 11.5 Å². The molecule has 2 aliphatic rings. The van der Waals surface area contributed by atoms with Gasteiger partial charge in [0.1, 0.15) is 11.5 Å². The number of carbonyl (C=O) groups is 1. The summed E-state index contributed by atoms with van der Waals surface area (Å²) in [6, 6.07) is 24.2. The Hall–Kier alpha value is -3.98. The van der Waals surface area contributed by atoms with Gasteiger partial charge in [-0.05, 0) is 86.1 Å². The van der Waals surface area contributed by atoms with E-state index in [9.17, 15) is 4.79 Å². The SMILES string of the molecule is CN1CCN(Cc2cccc(Oc3ccc(C(=O)NC4(c5ccc(-c6cn[nH]c6)cc5)CCNCC4)cc3)c2)CC1. The van der Waals surface area contributed by atoms with Crippen LogP contribution in [0.4, 0.5) is 0 Å². The van der Waals surface area contributed by atoms with Crippen LogP contribution in [0, 0.1) is 0 Å². The maximum Gasteiger partial charge on any atom is 0.251 e. The molecule has 3 heterocycles. The zero-order valence-corrected chi connectivity index (χ0v) is 23.6. The third kappa shape index (κ3) is 6.51. The topological polar surface area (TPSA) is 85.5 Å². The van der Waals surface area contributed by atoms with Crippen LogP contribution in [0.3, 0.4) is 0 Å². The van der Waals surface area contributed by atoms with Crippen LogP contribution in [0.1, 0.15) is 34.3 Å².